The van der Waals surface area contributed by atoms with Gasteiger partial charge in [0.1, 0.15) is 5.00 Å². The number of carbonyl (C=O) groups is 2. The van der Waals surface area contributed by atoms with Gasteiger partial charge in [0.25, 0.3) is 5.91 Å². The van der Waals surface area contributed by atoms with Crippen LogP contribution in [0.2, 0.25) is 0 Å². The van der Waals surface area contributed by atoms with Gasteiger partial charge < -0.3 is 10.1 Å². The van der Waals surface area contributed by atoms with Crippen LogP contribution in [0, 0.1) is 0 Å². The molecule has 1 aromatic carbocycles. The molecule has 0 aliphatic carbocycles. The third-order valence-corrected chi connectivity index (χ3v) is 10.1. The Morgan fingerprint density at radius 3 is 2.49 bits per heavy atom. The van der Waals surface area contributed by atoms with Gasteiger partial charge in [-0.3, -0.25) is 9.69 Å². The summed E-state index contributed by atoms with van der Waals surface area (Å²) in [7, 11) is -2.27. The molecule has 2 aliphatic heterocycles. The molecule has 2 aliphatic rings. The van der Waals surface area contributed by atoms with Crippen LogP contribution in [0.3, 0.4) is 0 Å². The Morgan fingerprint density at radius 2 is 1.86 bits per heavy atom. The molecular weight excluding hydrogens is 486 g/mol. The van der Waals surface area contributed by atoms with Crippen molar-refractivity contribution < 1.29 is 22.7 Å². The third kappa shape index (κ3) is 5.16. The van der Waals surface area contributed by atoms with Crippen LogP contribution < -0.4 is 5.32 Å². The van der Waals surface area contributed by atoms with Crippen LogP contribution in [-0.4, -0.2) is 61.8 Å². The summed E-state index contributed by atoms with van der Waals surface area (Å²) in [4.78, 5) is 29.2. The highest BCUT2D eigenvalue weighted by Crippen LogP contribution is 2.38. The van der Waals surface area contributed by atoms with E-state index in [9.17, 15) is 18.0 Å². The van der Waals surface area contributed by atoms with E-state index >= 15 is 0 Å². The summed E-state index contributed by atoms with van der Waals surface area (Å²) in [6.07, 6.45) is 3.45. The molecule has 1 amide bonds. The molecule has 3 heterocycles. The lowest BCUT2D eigenvalue weighted by Gasteiger charge is -2.32. The molecule has 0 bridgehead atoms. The van der Waals surface area contributed by atoms with Gasteiger partial charge >= 0.3 is 5.97 Å². The van der Waals surface area contributed by atoms with Crippen LogP contribution in [0.5, 0.6) is 0 Å². The molecule has 35 heavy (non-hydrogen) atoms. The second kappa shape index (κ2) is 10.4. The van der Waals surface area contributed by atoms with Crippen molar-refractivity contribution in [1.82, 2.24) is 9.21 Å². The average Bonchev–Trinajstić information content (AvgIpc) is 3.20. The fourth-order valence-electron chi connectivity index (χ4n) is 4.79. The summed E-state index contributed by atoms with van der Waals surface area (Å²) in [5.41, 5.74) is 1.68. The number of nitrogens with zero attached hydrogens (tertiary/aromatic N) is 2. The molecule has 0 radical (unpaired) electrons. The molecule has 0 saturated carbocycles. The first kappa shape index (κ1) is 25.8. The molecule has 4 rings (SSSR count). The summed E-state index contributed by atoms with van der Waals surface area (Å²) in [5.74, 6) is -0.863. The van der Waals surface area contributed by atoms with Crippen molar-refractivity contribution in [2.24, 2.45) is 0 Å². The van der Waals surface area contributed by atoms with E-state index in [1.165, 1.54) is 42.7 Å². The molecule has 1 fully saturated rings. The fourth-order valence-corrected chi connectivity index (χ4v) is 7.74. The van der Waals surface area contributed by atoms with Crippen molar-refractivity contribution >= 4 is 38.2 Å². The van der Waals surface area contributed by atoms with Gasteiger partial charge in [0.05, 0.1) is 17.6 Å². The van der Waals surface area contributed by atoms with Gasteiger partial charge in [-0.05, 0) is 69.9 Å². The maximum atomic E-state index is 13.1. The van der Waals surface area contributed by atoms with Crippen LogP contribution in [0.15, 0.2) is 29.2 Å². The summed E-state index contributed by atoms with van der Waals surface area (Å²) >= 11 is 1.40. The number of anilines is 1. The Morgan fingerprint density at radius 1 is 1.14 bits per heavy atom. The maximum Gasteiger partial charge on any atom is 0.341 e. The minimum atomic E-state index is -3.61. The van der Waals surface area contributed by atoms with Gasteiger partial charge in [-0.15, -0.1) is 11.3 Å². The molecule has 1 atom stereocenters. The molecule has 10 heteroatoms. The smallest absolute Gasteiger partial charge is 0.341 e. The number of piperidine rings is 1. The molecule has 190 valence electrons. The van der Waals surface area contributed by atoms with Crippen molar-refractivity contribution in [3.8, 4) is 0 Å². The van der Waals surface area contributed by atoms with E-state index in [0.29, 0.717) is 35.1 Å². The Kier molecular flexibility index (Phi) is 7.65. The van der Waals surface area contributed by atoms with E-state index in [2.05, 4.69) is 24.1 Å². The third-order valence-electron chi connectivity index (χ3n) is 6.90. The molecule has 1 unspecified atom stereocenters. The Hall–Kier alpha value is -2.27. The van der Waals surface area contributed by atoms with Gasteiger partial charge in [-0.25, -0.2) is 13.2 Å². The lowest BCUT2D eigenvalue weighted by Crippen LogP contribution is -2.41. The zero-order valence-electron chi connectivity index (χ0n) is 20.7. The normalized spacial score (nSPS) is 19.4. The van der Waals surface area contributed by atoms with Gasteiger partial charge in [0.15, 0.2) is 0 Å². The number of thiophene rings is 1. The van der Waals surface area contributed by atoms with Crippen LogP contribution in [0.4, 0.5) is 5.00 Å². The summed E-state index contributed by atoms with van der Waals surface area (Å²) in [6, 6.07) is 6.34. The van der Waals surface area contributed by atoms with Gasteiger partial charge in [0.2, 0.25) is 10.0 Å². The van der Waals surface area contributed by atoms with E-state index in [1.54, 1.807) is 4.31 Å². The number of ether oxygens (including phenoxy) is 1. The lowest BCUT2D eigenvalue weighted by atomic mass is 10.0. The lowest BCUT2D eigenvalue weighted by molar-refractivity contribution is 0.0600. The molecule has 1 saturated heterocycles. The SMILES string of the molecule is COC(=O)c1c(NC(=O)c2ccc(S(=O)(=O)N3CCCCC3C)cc2)sc2c1CCN(C(C)C)C2. The monoisotopic (exact) mass is 519 g/mol. The standard InChI is InChI=1S/C25H33N3O5S2/c1-16(2)27-14-12-20-21(15-27)34-24(22(20)25(30)33-4)26-23(29)18-8-10-19(11-9-18)35(31,32)28-13-6-5-7-17(28)3/h8-11,16-17H,5-7,12-15H2,1-4H3,(H,26,29). The van der Waals surface area contributed by atoms with Gasteiger partial charge in [-0.1, -0.05) is 6.42 Å². The van der Waals surface area contributed by atoms with Crippen molar-refractivity contribution in [1.29, 1.82) is 0 Å². The Balaban J connectivity index is 1.56. The zero-order valence-corrected chi connectivity index (χ0v) is 22.3. The average molecular weight is 520 g/mol. The van der Waals surface area contributed by atoms with E-state index in [1.807, 2.05) is 6.92 Å². The fraction of sp³-hybridized carbons (Fsp3) is 0.520. The van der Waals surface area contributed by atoms with Crippen molar-refractivity contribution in [3.63, 3.8) is 0 Å². The van der Waals surface area contributed by atoms with E-state index in [0.717, 1.165) is 42.8 Å². The number of hydrogen-bond donors (Lipinski definition) is 1. The maximum absolute atomic E-state index is 13.1. The summed E-state index contributed by atoms with van der Waals surface area (Å²) < 4.78 is 32.7. The number of sulfonamides is 1. The topological polar surface area (TPSA) is 96.0 Å². The first-order valence-corrected chi connectivity index (χ1v) is 14.3. The first-order chi connectivity index (χ1) is 16.6. The molecular formula is C25H33N3O5S2. The quantitative estimate of drug-likeness (QED) is 0.577. The second-order valence-electron chi connectivity index (χ2n) is 9.45. The number of benzene rings is 1. The molecule has 0 spiro atoms. The summed E-state index contributed by atoms with van der Waals surface area (Å²) in [5, 5.41) is 3.34. The van der Waals surface area contributed by atoms with Gasteiger partial charge in [0, 0.05) is 42.2 Å². The number of carbonyl (C=O) groups excluding carboxylic acids is 2. The predicted molar refractivity (Wildman–Crippen MR) is 137 cm³/mol. The van der Waals surface area contributed by atoms with E-state index in [-0.39, 0.29) is 10.9 Å². The van der Waals surface area contributed by atoms with Crippen LogP contribution in [0.25, 0.3) is 0 Å². The van der Waals surface area contributed by atoms with Crippen molar-refractivity contribution in [3.05, 3.63) is 45.8 Å². The largest absolute Gasteiger partial charge is 0.465 e. The highest BCUT2D eigenvalue weighted by molar-refractivity contribution is 7.89. The Labute approximate surface area is 211 Å². The van der Waals surface area contributed by atoms with E-state index in [4.69, 9.17) is 4.74 Å². The van der Waals surface area contributed by atoms with Crippen LogP contribution in [-0.2, 0) is 27.7 Å². The molecule has 8 nitrogen and oxygen atoms in total. The molecule has 1 N–H and O–H groups in total. The van der Waals surface area contributed by atoms with Gasteiger partial charge in [-0.2, -0.15) is 4.31 Å². The minimum Gasteiger partial charge on any atom is -0.465 e. The number of methoxy groups -OCH3 is 1. The van der Waals surface area contributed by atoms with Crippen LogP contribution >= 0.6 is 11.3 Å². The number of fused-ring (bicyclic) bond motifs is 1. The zero-order chi connectivity index (χ0) is 25.3. The molecule has 2 aromatic rings. The van der Waals surface area contributed by atoms with E-state index < -0.39 is 21.9 Å². The predicted octanol–water partition coefficient (Wildman–Crippen LogP) is 4.12. The highest BCUT2D eigenvalue weighted by Gasteiger charge is 2.32. The van der Waals surface area contributed by atoms with Crippen molar-refractivity contribution in [2.45, 2.75) is 70.0 Å². The molecule has 1 aromatic heterocycles. The Bertz CT molecular complexity index is 1200. The van der Waals surface area contributed by atoms with Crippen LogP contribution in [0.1, 0.15) is 71.2 Å². The minimum absolute atomic E-state index is 0.0371. The number of nitrogens with one attached hydrogen (secondary N) is 1. The first-order valence-electron chi connectivity index (χ1n) is 12.0. The number of esters is 1. The van der Waals surface area contributed by atoms with Crippen molar-refractivity contribution in [2.75, 3.05) is 25.5 Å². The number of hydrogen-bond acceptors (Lipinski definition) is 7. The summed E-state index contributed by atoms with van der Waals surface area (Å²) in [6.45, 7) is 8.28. The number of amides is 1. The number of rotatable bonds is 6. The second-order valence-corrected chi connectivity index (χ2v) is 12.4. The highest BCUT2D eigenvalue weighted by atomic mass is 32.2.